The molecule has 2 aliphatic rings. The number of nitrogens with zero attached hydrogens (tertiary/aromatic N) is 4. The number of hydrogen-bond acceptors (Lipinski definition) is 17. The maximum atomic E-state index is 14.2. The number of fused-ring (bicyclic) bond motifs is 1. The van der Waals surface area contributed by atoms with Crippen LogP contribution in [0.25, 0.3) is 0 Å². The van der Waals surface area contributed by atoms with Crippen molar-refractivity contribution in [1.29, 1.82) is 5.26 Å². The summed E-state index contributed by atoms with van der Waals surface area (Å²) in [6.45, 7) is 11.1. The molecule has 0 radical (unpaired) electrons. The molecular formula is C55H69N6O14P. The lowest BCUT2D eigenvalue weighted by Crippen LogP contribution is -2.43. The van der Waals surface area contributed by atoms with Gasteiger partial charge in [0.15, 0.2) is 17.7 Å². The molecule has 0 bridgehead atoms. The molecule has 7 rings (SSSR count). The Morgan fingerprint density at radius 3 is 1.89 bits per heavy atom. The summed E-state index contributed by atoms with van der Waals surface area (Å²) in [7, 11) is 2.88. The van der Waals surface area contributed by atoms with Gasteiger partial charge in [0, 0.05) is 37.1 Å². The monoisotopic (exact) mass is 1070 g/mol. The zero-order valence-corrected chi connectivity index (χ0v) is 45.0. The molecule has 1 aromatic heterocycles. The van der Waals surface area contributed by atoms with E-state index in [0.717, 1.165) is 16.7 Å². The summed E-state index contributed by atoms with van der Waals surface area (Å²) in [6, 6.07) is 33.1. The molecule has 3 heterocycles. The van der Waals surface area contributed by atoms with E-state index in [1.54, 1.807) is 32.4 Å². The van der Waals surface area contributed by atoms with Crippen molar-refractivity contribution in [2.45, 2.75) is 76.3 Å². The summed E-state index contributed by atoms with van der Waals surface area (Å²) in [5, 5.41) is 15.0. The Labute approximate surface area is 445 Å². The lowest BCUT2D eigenvalue weighted by atomic mass is 9.80. The van der Waals surface area contributed by atoms with Gasteiger partial charge in [0.2, 0.25) is 0 Å². The first-order valence-electron chi connectivity index (χ1n) is 25.2. The minimum atomic E-state index is -1.86. The van der Waals surface area contributed by atoms with Gasteiger partial charge in [-0.3, -0.25) is 9.88 Å². The molecule has 408 valence electrons. The van der Waals surface area contributed by atoms with E-state index in [1.165, 1.54) is 23.9 Å². The third-order valence-electron chi connectivity index (χ3n) is 12.3. The zero-order valence-electron chi connectivity index (χ0n) is 44.1. The van der Waals surface area contributed by atoms with Crippen molar-refractivity contribution in [3.05, 3.63) is 136 Å². The Hall–Kier alpha value is -6.21. The zero-order chi connectivity index (χ0) is 53.9. The highest BCUT2D eigenvalue weighted by Gasteiger charge is 2.51. The number of carbonyl (C=O) groups is 1. The first-order valence-corrected chi connectivity index (χ1v) is 26.3. The number of amides is 2. The van der Waals surface area contributed by atoms with Crippen LogP contribution >= 0.6 is 8.53 Å². The molecule has 5 aromatic rings. The van der Waals surface area contributed by atoms with Gasteiger partial charge in [0.25, 0.3) is 8.53 Å². The van der Waals surface area contributed by atoms with Crippen molar-refractivity contribution in [3.8, 4) is 29.1 Å². The van der Waals surface area contributed by atoms with Crippen LogP contribution in [-0.2, 0) is 43.1 Å². The molecule has 1 fully saturated rings. The second kappa shape index (κ2) is 28.8. The number of hydrogen-bond donors (Lipinski definition) is 2. The van der Waals surface area contributed by atoms with E-state index in [-0.39, 0.29) is 50.7 Å². The Balaban J connectivity index is 1.19. The predicted molar refractivity (Wildman–Crippen MR) is 284 cm³/mol. The van der Waals surface area contributed by atoms with E-state index < -0.39 is 50.4 Å². The van der Waals surface area contributed by atoms with Crippen LogP contribution in [0.3, 0.4) is 0 Å². The molecule has 2 amide bonds. The molecule has 4 aromatic carbocycles. The maximum Gasteiger partial charge on any atom is 0.351 e. The minimum absolute atomic E-state index is 0.0288. The molecule has 21 heteroatoms. The number of nitrogens with one attached hydrogen (secondary N) is 2. The normalized spacial score (nSPS) is 19.1. The van der Waals surface area contributed by atoms with Crippen LogP contribution in [0.15, 0.2) is 114 Å². The smallest absolute Gasteiger partial charge is 0.351 e. The Morgan fingerprint density at radius 1 is 0.763 bits per heavy atom. The summed E-state index contributed by atoms with van der Waals surface area (Å²) < 4.78 is 77.1. The average molecular weight is 1070 g/mol. The summed E-state index contributed by atoms with van der Waals surface area (Å²) >= 11 is 0. The fourth-order valence-electron chi connectivity index (χ4n) is 8.86. The molecule has 5 atom stereocenters. The van der Waals surface area contributed by atoms with Crippen molar-refractivity contribution in [2.24, 2.45) is 0 Å². The second-order valence-corrected chi connectivity index (χ2v) is 19.4. The highest BCUT2D eigenvalue weighted by Crippen LogP contribution is 2.51. The van der Waals surface area contributed by atoms with Crippen molar-refractivity contribution in [3.63, 3.8) is 0 Å². The number of carbonyl (C=O) groups excluding carboxylic acids is 1. The highest BCUT2D eigenvalue weighted by atomic mass is 31.2. The largest absolute Gasteiger partial charge is 0.497 e. The summed E-state index contributed by atoms with van der Waals surface area (Å²) in [6.07, 6.45) is -2.27. The first-order chi connectivity index (χ1) is 37.0. The number of nitriles is 1. The molecule has 1 unspecified atom stereocenters. The predicted octanol–water partition coefficient (Wildman–Crippen LogP) is 8.31. The number of rotatable bonds is 20. The van der Waals surface area contributed by atoms with Gasteiger partial charge in [-0.2, -0.15) is 10.2 Å². The Bertz CT molecular complexity index is 2620. The maximum absolute atomic E-state index is 14.2. The van der Waals surface area contributed by atoms with E-state index >= 15 is 0 Å². The number of aromatic nitrogens is 2. The van der Waals surface area contributed by atoms with Gasteiger partial charge in [0.1, 0.15) is 54.4 Å². The van der Waals surface area contributed by atoms with Gasteiger partial charge in [-0.05, 0) is 86.8 Å². The Kier molecular flexibility index (Phi) is 21.8. The van der Waals surface area contributed by atoms with Crippen LogP contribution < -0.4 is 35.3 Å². The van der Waals surface area contributed by atoms with Gasteiger partial charge in [-0.1, -0.05) is 54.6 Å². The van der Waals surface area contributed by atoms with Gasteiger partial charge in [-0.25, -0.2) is 14.3 Å². The molecular weight excluding hydrogens is 1000 g/mol. The quantitative estimate of drug-likeness (QED) is 0.0426. The van der Waals surface area contributed by atoms with Crippen molar-refractivity contribution >= 4 is 26.1 Å². The van der Waals surface area contributed by atoms with Crippen molar-refractivity contribution in [1.82, 2.24) is 14.2 Å². The average Bonchev–Trinajstić information content (AvgIpc) is 3.76. The lowest BCUT2D eigenvalue weighted by molar-refractivity contribution is -0.0957. The lowest BCUT2D eigenvalue weighted by Gasteiger charge is -2.39. The summed E-state index contributed by atoms with van der Waals surface area (Å²) in [5.74, 6) is 2.15. The van der Waals surface area contributed by atoms with Crippen molar-refractivity contribution < 1.29 is 61.2 Å². The molecule has 0 aliphatic carbocycles. The van der Waals surface area contributed by atoms with Gasteiger partial charge >= 0.3 is 11.7 Å². The van der Waals surface area contributed by atoms with Crippen LogP contribution in [0.2, 0.25) is 0 Å². The highest BCUT2D eigenvalue weighted by molar-refractivity contribution is 7.44. The van der Waals surface area contributed by atoms with E-state index in [2.05, 4.69) is 26.4 Å². The number of benzene rings is 4. The van der Waals surface area contributed by atoms with Crippen molar-refractivity contribution in [2.75, 3.05) is 98.0 Å². The summed E-state index contributed by atoms with van der Waals surface area (Å²) in [5.41, 5.74) is 0.800. The topological polar surface area (TPSA) is 214 Å². The molecule has 20 nitrogen and oxygen atoms in total. The van der Waals surface area contributed by atoms with Gasteiger partial charge in [-0.15, -0.1) is 0 Å². The first kappa shape index (κ1) is 57.5. The molecule has 0 spiro atoms. The third kappa shape index (κ3) is 14.8. The van der Waals surface area contributed by atoms with E-state index in [9.17, 15) is 14.9 Å². The van der Waals surface area contributed by atoms with Crippen LogP contribution in [0.1, 0.15) is 57.0 Å². The van der Waals surface area contributed by atoms with E-state index in [4.69, 9.17) is 56.4 Å². The molecule has 76 heavy (non-hydrogen) atoms. The Morgan fingerprint density at radius 2 is 1.34 bits per heavy atom. The van der Waals surface area contributed by atoms with Crippen LogP contribution in [0, 0.1) is 11.3 Å². The molecule has 2 N–H and O–H groups in total. The molecule has 0 saturated carbocycles. The van der Waals surface area contributed by atoms with Crippen LogP contribution in [0.5, 0.6) is 23.0 Å². The third-order valence-corrected chi connectivity index (χ3v) is 14.5. The second-order valence-electron chi connectivity index (χ2n) is 18.0. The number of anilines is 2. The summed E-state index contributed by atoms with van der Waals surface area (Å²) in [4.78, 5) is 31.9. The van der Waals surface area contributed by atoms with Crippen LogP contribution in [0.4, 0.5) is 16.3 Å². The number of urea groups is 1. The minimum Gasteiger partial charge on any atom is -0.497 e. The standard InChI is InChI=1S/C55H69N6O14P/c1-38(2)61(39(3)4)76(73-27-11-25-56)75-50-48(37-72-55(40-12-9-8-10-13-40,41-14-19-44(64-5)20-15-41)42-16-21-45(65-6)22-17-42)74-52(51(50)66-7)60-26-24-49(59-54(60)63)58-53(62)57-43-18-23-46-47(36-43)71-35-33-69-31-29-67-28-30-68-32-34-70-46/h8-10,12-24,26,36,38-39,48,50-52H,11,27-35,37H2,1-7H3,(H2,57,58,59,62,63)/t48-,50-,51-,52-,76?/m1/s1. The fourth-order valence-corrected chi connectivity index (χ4v) is 10.6. The molecule has 1 saturated heterocycles. The van der Waals surface area contributed by atoms with Gasteiger partial charge < -0.3 is 61.7 Å². The van der Waals surface area contributed by atoms with E-state index in [0.29, 0.717) is 68.3 Å². The number of ether oxygens (including phenoxy) is 10. The van der Waals surface area contributed by atoms with Crippen LogP contribution in [-0.4, -0.2) is 138 Å². The number of methoxy groups -OCH3 is 3. The fraction of sp³-hybridized carbons (Fsp3) is 0.455. The van der Waals surface area contributed by atoms with Gasteiger partial charge in [0.05, 0.1) is 79.6 Å². The van der Waals surface area contributed by atoms with E-state index in [1.807, 2.05) is 107 Å². The SMILES string of the molecule is COc1ccc(C(OC[C@H]2O[C@@H](n3ccc(NC(=O)Nc4ccc5c(c4)OCCOCCOCCOCCO5)nc3=O)[C@H](OC)[C@@H]2OP(OCCC#N)N(C(C)C)C(C)C)(c2ccccc2)c2ccc(OC)cc2)cc1. The molecule has 2 aliphatic heterocycles.